The van der Waals surface area contributed by atoms with Crippen molar-refractivity contribution in [3.63, 3.8) is 0 Å². The van der Waals surface area contributed by atoms with Gasteiger partial charge in [-0.15, -0.1) is 0 Å². The van der Waals surface area contributed by atoms with Crippen LogP contribution in [0.15, 0.2) is 12.3 Å². The summed E-state index contributed by atoms with van der Waals surface area (Å²) in [5.41, 5.74) is -0.483. The second-order valence-corrected chi connectivity index (χ2v) is 5.04. The molecule has 0 spiro atoms. The van der Waals surface area contributed by atoms with Crippen LogP contribution >= 0.6 is 0 Å². The van der Waals surface area contributed by atoms with Gasteiger partial charge < -0.3 is 4.74 Å². The van der Waals surface area contributed by atoms with Crippen LogP contribution in [-0.4, -0.2) is 21.5 Å². The van der Waals surface area contributed by atoms with Gasteiger partial charge in [0.25, 0.3) is 0 Å². The van der Waals surface area contributed by atoms with Crippen molar-refractivity contribution in [2.24, 2.45) is 0 Å². The summed E-state index contributed by atoms with van der Waals surface area (Å²) in [6.45, 7) is 5.49. The highest BCUT2D eigenvalue weighted by Gasteiger charge is 2.24. The minimum absolute atomic E-state index is 0.464. The van der Waals surface area contributed by atoms with Gasteiger partial charge in [-0.1, -0.05) is 0 Å². The number of aromatic nitrogens is 2. The Kier molecular flexibility index (Phi) is 2.61. The maximum Gasteiger partial charge on any atom is 0.413 e. The zero-order valence-corrected chi connectivity index (χ0v) is 9.86. The standard InChI is InChI=1S/C11H17N3O2/c1-11(2,3)16-10(15)12-9-6-7-14(13-9)8-4-5-8/h6-8H,4-5H2,1-3H3,(H,12,13,15). The van der Waals surface area contributed by atoms with E-state index in [4.69, 9.17) is 4.74 Å². The first-order valence-electron chi connectivity index (χ1n) is 5.49. The van der Waals surface area contributed by atoms with Gasteiger partial charge in [0.15, 0.2) is 5.82 Å². The molecule has 1 saturated carbocycles. The van der Waals surface area contributed by atoms with Crippen molar-refractivity contribution >= 4 is 11.9 Å². The van der Waals surface area contributed by atoms with Crippen molar-refractivity contribution in [3.8, 4) is 0 Å². The SMILES string of the molecule is CC(C)(C)OC(=O)Nc1ccn(C2CC2)n1. The summed E-state index contributed by atoms with van der Waals surface area (Å²) in [5.74, 6) is 0.543. The average molecular weight is 223 g/mol. The number of hydrogen-bond acceptors (Lipinski definition) is 3. The first kappa shape index (κ1) is 11.0. The maximum atomic E-state index is 11.4. The Bertz CT molecular complexity index is 388. The first-order valence-corrected chi connectivity index (χ1v) is 5.49. The van der Waals surface area contributed by atoms with Gasteiger partial charge in [-0.2, -0.15) is 5.10 Å². The molecule has 88 valence electrons. The minimum atomic E-state index is -0.483. The largest absolute Gasteiger partial charge is 0.444 e. The van der Waals surface area contributed by atoms with Crippen molar-refractivity contribution in [2.45, 2.75) is 45.3 Å². The number of hydrogen-bond donors (Lipinski definition) is 1. The summed E-state index contributed by atoms with van der Waals surface area (Å²) < 4.78 is 7.01. The molecule has 5 nitrogen and oxygen atoms in total. The lowest BCUT2D eigenvalue weighted by molar-refractivity contribution is 0.0635. The Balaban J connectivity index is 1.90. The third-order valence-corrected chi connectivity index (χ3v) is 2.16. The third kappa shape index (κ3) is 2.98. The van der Waals surface area contributed by atoms with Crippen LogP contribution < -0.4 is 5.32 Å². The lowest BCUT2D eigenvalue weighted by atomic mass is 10.2. The van der Waals surface area contributed by atoms with E-state index < -0.39 is 11.7 Å². The second-order valence-electron chi connectivity index (χ2n) is 5.04. The highest BCUT2D eigenvalue weighted by Crippen LogP contribution is 2.34. The summed E-state index contributed by atoms with van der Waals surface area (Å²) in [6, 6.07) is 2.30. The number of ether oxygens (including phenoxy) is 1. The molecule has 0 atom stereocenters. The van der Waals surface area contributed by atoms with E-state index in [0.717, 1.165) is 0 Å². The van der Waals surface area contributed by atoms with Gasteiger partial charge in [-0.05, 0) is 33.6 Å². The summed E-state index contributed by atoms with van der Waals surface area (Å²) in [4.78, 5) is 11.4. The first-order chi connectivity index (χ1) is 7.44. The number of nitrogens with one attached hydrogen (secondary N) is 1. The third-order valence-electron chi connectivity index (χ3n) is 2.16. The molecule has 0 saturated heterocycles. The van der Waals surface area contributed by atoms with E-state index in [-0.39, 0.29) is 0 Å². The van der Waals surface area contributed by atoms with E-state index in [0.29, 0.717) is 11.9 Å². The van der Waals surface area contributed by atoms with E-state index in [1.54, 1.807) is 6.07 Å². The van der Waals surface area contributed by atoms with Gasteiger partial charge in [-0.25, -0.2) is 4.79 Å². The van der Waals surface area contributed by atoms with Crippen molar-refractivity contribution in [3.05, 3.63) is 12.3 Å². The molecule has 2 rings (SSSR count). The summed E-state index contributed by atoms with van der Waals surface area (Å²) in [5, 5.41) is 6.86. The molecule has 0 unspecified atom stereocenters. The van der Waals surface area contributed by atoms with Crippen molar-refractivity contribution in [2.75, 3.05) is 5.32 Å². The highest BCUT2D eigenvalue weighted by atomic mass is 16.6. The van der Waals surface area contributed by atoms with Crippen molar-refractivity contribution < 1.29 is 9.53 Å². The predicted molar refractivity (Wildman–Crippen MR) is 60.4 cm³/mol. The molecule has 1 aliphatic rings. The fraction of sp³-hybridized carbons (Fsp3) is 0.636. The topological polar surface area (TPSA) is 56.1 Å². The minimum Gasteiger partial charge on any atom is -0.444 e. The Morgan fingerprint density at radius 2 is 2.25 bits per heavy atom. The number of nitrogens with zero attached hydrogens (tertiary/aromatic N) is 2. The molecule has 16 heavy (non-hydrogen) atoms. The van der Waals surface area contributed by atoms with Gasteiger partial charge in [0.05, 0.1) is 6.04 Å². The van der Waals surface area contributed by atoms with Crippen LogP contribution in [0.4, 0.5) is 10.6 Å². The Morgan fingerprint density at radius 1 is 1.56 bits per heavy atom. The fourth-order valence-electron chi connectivity index (χ4n) is 1.36. The van der Waals surface area contributed by atoms with E-state index in [1.807, 2.05) is 31.6 Å². The fourth-order valence-corrected chi connectivity index (χ4v) is 1.36. The van der Waals surface area contributed by atoms with Crippen LogP contribution in [0.2, 0.25) is 0 Å². The number of carbonyl (C=O) groups is 1. The molecule has 1 heterocycles. The van der Waals surface area contributed by atoms with Gasteiger partial charge in [0.1, 0.15) is 5.60 Å². The zero-order valence-electron chi connectivity index (χ0n) is 9.86. The number of amides is 1. The molecule has 0 aliphatic heterocycles. The number of carbonyl (C=O) groups excluding carboxylic acids is 1. The van der Waals surface area contributed by atoms with E-state index in [9.17, 15) is 4.79 Å². The van der Waals surface area contributed by atoms with Gasteiger partial charge in [0.2, 0.25) is 0 Å². The van der Waals surface area contributed by atoms with Gasteiger partial charge >= 0.3 is 6.09 Å². The molecule has 1 aromatic rings. The van der Waals surface area contributed by atoms with Gasteiger partial charge in [0, 0.05) is 12.3 Å². The normalized spacial score (nSPS) is 15.9. The Morgan fingerprint density at radius 3 is 2.81 bits per heavy atom. The van der Waals surface area contributed by atoms with Gasteiger partial charge in [-0.3, -0.25) is 10.00 Å². The molecule has 1 N–H and O–H groups in total. The van der Waals surface area contributed by atoms with E-state index in [2.05, 4.69) is 10.4 Å². The van der Waals surface area contributed by atoms with Crippen LogP contribution in [0, 0.1) is 0 Å². The van der Waals surface area contributed by atoms with Crippen LogP contribution in [0.5, 0.6) is 0 Å². The lowest BCUT2D eigenvalue weighted by Crippen LogP contribution is -2.27. The number of anilines is 1. The average Bonchev–Trinajstić information content (AvgIpc) is 2.85. The molecule has 1 aliphatic carbocycles. The van der Waals surface area contributed by atoms with Crippen molar-refractivity contribution in [1.82, 2.24) is 9.78 Å². The molecular weight excluding hydrogens is 206 g/mol. The molecular formula is C11H17N3O2. The van der Waals surface area contributed by atoms with Crippen molar-refractivity contribution in [1.29, 1.82) is 0 Å². The summed E-state index contributed by atoms with van der Waals surface area (Å²) >= 11 is 0. The predicted octanol–water partition coefficient (Wildman–Crippen LogP) is 2.57. The zero-order chi connectivity index (χ0) is 11.8. The molecule has 5 heteroatoms. The summed E-state index contributed by atoms with van der Waals surface area (Å²) in [6.07, 6.45) is 3.76. The Hall–Kier alpha value is -1.52. The molecule has 1 fully saturated rings. The number of rotatable bonds is 2. The lowest BCUT2D eigenvalue weighted by Gasteiger charge is -2.19. The van der Waals surface area contributed by atoms with E-state index in [1.165, 1.54) is 12.8 Å². The summed E-state index contributed by atoms with van der Waals surface area (Å²) in [7, 11) is 0. The van der Waals surface area contributed by atoms with Crippen LogP contribution in [0.25, 0.3) is 0 Å². The monoisotopic (exact) mass is 223 g/mol. The molecule has 0 radical (unpaired) electrons. The Labute approximate surface area is 94.8 Å². The second kappa shape index (κ2) is 3.81. The molecule has 1 amide bonds. The van der Waals surface area contributed by atoms with Crippen LogP contribution in [0.3, 0.4) is 0 Å². The molecule has 0 bridgehead atoms. The smallest absolute Gasteiger partial charge is 0.413 e. The quantitative estimate of drug-likeness (QED) is 0.838. The van der Waals surface area contributed by atoms with Crippen LogP contribution in [0.1, 0.15) is 39.7 Å². The van der Waals surface area contributed by atoms with Crippen LogP contribution in [-0.2, 0) is 4.74 Å². The molecule has 0 aromatic carbocycles. The molecule has 1 aromatic heterocycles. The maximum absolute atomic E-state index is 11.4. The highest BCUT2D eigenvalue weighted by molar-refractivity contribution is 5.83. The van der Waals surface area contributed by atoms with E-state index >= 15 is 0 Å².